The second-order valence-corrected chi connectivity index (χ2v) is 5.33. The normalized spacial score (nSPS) is 12.0. The molecule has 0 bridgehead atoms. The number of carbonyl (C=O) groups excluding carboxylic acids is 2. The van der Waals surface area contributed by atoms with Crippen molar-refractivity contribution in [2.75, 3.05) is 5.32 Å². The number of H-pyrrole nitrogens is 1. The molecule has 0 fully saturated rings. The van der Waals surface area contributed by atoms with Gasteiger partial charge in [-0.2, -0.15) is 10.1 Å². The van der Waals surface area contributed by atoms with Gasteiger partial charge in [-0.15, -0.1) is 0 Å². The summed E-state index contributed by atoms with van der Waals surface area (Å²) in [5, 5.41) is 11.6. The molecule has 1 aromatic heterocycles. The van der Waals surface area contributed by atoms with Crippen molar-refractivity contribution < 1.29 is 9.59 Å². The van der Waals surface area contributed by atoms with Gasteiger partial charge < -0.3 is 5.32 Å². The molecular formula is C15H19N5O2. The van der Waals surface area contributed by atoms with Crippen LogP contribution in [0.2, 0.25) is 0 Å². The van der Waals surface area contributed by atoms with Crippen LogP contribution in [-0.4, -0.2) is 33.0 Å². The Bertz CT molecular complexity index is 652. The molecule has 0 spiro atoms. The lowest BCUT2D eigenvalue weighted by atomic mass is 10.0. The lowest BCUT2D eigenvalue weighted by molar-refractivity contribution is -0.118. The number of aryl methyl sites for hydroxylation is 1. The molecule has 1 atom stereocenters. The monoisotopic (exact) mass is 301 g/mol. The summed E-state index contributed by atoms with van der Waals surface area (Å²) in [4.78, 5) is 28.5. The predicted octanol–water partition coefficient (Wildman–Crippen LogP) is 1.51. The molecule has 0 unspecified atom stereocenters. The van der Waals surface area contributed by atoms with Gasteiger partial charge in [-0.3, -0.25) is 14.9 Å². The summed E-state index contributed by atoms with van der Waals surface area (Å²) in [5.41, 5.74) is 1.42. The molecule has 7 heteroatoms. The molecule has 0 saturated carbocycles. The fourth-order valence-corrected chi connectivity index (χ4v) is 2.04. The Morgan fingerprint density at radius 2 is 1.95 bits per heavy atom. The second kappa shape index (κ2) is 6.84. The molecule has 0 aliphatic rings. The van der Waals surface area contributed by atoms with Crippen molar-refractivity contribution in [2.24, 2.45) is 5.92 Å². The summed E-state index contributed by atoms with van der Waals surface area (Å²) in [7, 11) is 0. The Morgan fingerprint density at radius 1 is 1.23 bits per heavy atom. The molecule has 2 amide bonds. The maximum atomic E-state index is 12.4. The van der Waals surface area contributed by atoms with Gasteiger partial charge in [0, 0.05) is 5.56 Å². The highest BCUT2D eigenvalue weighted by molar-refractivity contribution is 6.01. The minimum atomic E-state index is -0.669. The van der Waals surface area contributed by atoms with E-state index in [1.807, 2.05) is 32.9 Å². The van der Waals surface area contributed by atoms with Gasteiger partial charge >= 0.3 is 0 Å². The summed E-state index contributed by atoms with van der Waals surface area (Å²) >= 11 is 0. The van der Waals surface area contributed by atoms with Crippen molar-refractivity contribution in [1.29, 1.82) is 0 Å². The molecule has 1 aromatic carbocycles. The van der Waals surface area contributed by atoms with Gasteiger partial charge in [0.25, 0.3) is 5.91 Å². The number of aromatic amines is 1. The first-order valence-corrected chi connectivity index (χ1v) is 7.01. The molecule has 0 aliphatic heterocycles. The summed E-state index contributed by atoms with van der Waals surface area (Å²) in [6.07, 6.45) is 1.30. The molecule has 0 saturated heterocycles. The zero-order valence-electron chi connectivity index (χ0n) is 12.8. The molecule has 3 N–H and O–H groups in total. The minimum Gasteiger partial charge on any atom is -0.340 e. The van der Waals surface area contributed by atoms with Crippen LogP contribution < -0.4 is 10.6 Å². The summed E-state index contributed by atoms with van der Waals surface area (Å²) < 4.78 is 0. The molecule has 0 aliphatic carbocycles. The lowest BCUT2D eigenvalue weighted by Crippen LogP contribution is -2.47. The third kappa shape index (κ3) is 3.69. The minimum absolute atomic E-state index is 0.0733. The van der Waals surface area contributed by atoms with Crippen LogP contribution >= 0.6 is 0 Å². The molecule has 2 aromatic rings. The zero-order chi connectivity index (χ0) is 16.1. The quantitative estimate of drug-likeness (QED) is 0.779. The van der Waals surface area contributed by atoms with Gasteiger partial charge in [0.1, 0.15) is 12.4 Å². The molecule has 0 radical (unpaired) electrons. The predicted molar refractivity (Wildman–Crippen MR) is 82.3 cm³/mol. The number of rotatable bonds is 5. The third-order valence-electron chi connectivity index (χ3n) is 3.28. The summed E-state index contributed by atoms with van der Waals surface area (Å²) in [6, 6.07) is 6.57. The first-order valence-electron chi connectivity index (χ1n) is 7.01. The van der Waals surface area contributed by atoms with Crippen LogP contribution in [0.3, 0.4) is 0 Å². The Labute approximate surface area is 128 Å². The maximum absolute atomic E-state index is 12.4. The smallest absolute Gasteiger partial charge is 0.252 e. The van der Waals surface area contributed by atoms with Crippen LogP contribution in [0.1, 0.15) is 29.8 Å². The summed E-state index contributed by atoms with van der Waals surface area (Å²) in [5.74, 6) is -0.435. The van der Waals surface area contributed by atoms with Crippen LogP contribution in [0.15, 0.2) is 30.6 Å². The Hall–Kier alpha value is -2.70. The standard InChI is InChI=1S/C15H19N5O2/c1-9(2)12(14(22)19-15-16-8-17-20-15)18-13(21)11-7-5-4-6-10(11)3/h4-9,12H,1-3H3,(H,18,21)(H2,16,17,19,20,22)/t12-/m1/s1. The first-order chi connectivity index (χ1) is 10.5. The molecule has 2 rings (SSSR count). The average Bonchev–Trinajstić information content (AvgIpc) is 2.97. The fourth-order valence-electron chi connectivity index (χ4n) is 2.04. The van der Waals surface area contributed by atoms with Crippen molar-refractivity contribution in [1.82, 2.24) is 20.5 Å². The van der Waals surface area contributed by atoms with Crippen LogP contribution in [-0.2, 0) is 4.79 Å². The van der Waals surface area contributed by atoms with E-state index in [9.17, 15) is 9.59 Å². The second-order valence-electron chi connectivity index (χ2n) is 5.33. The number of hydrogen-bond acceptors (Lipinski definition) is 4. The van der Waals surface area contributed by atoms with Crippen molar-refractivity contribution in [3.05, 3.63) is 41.7 Å². The van der Waals surface area contributed by atoms with Crippen LogP contribution in [0, 0.1) is 12.8 Å². The van der Waals surface area contributed by atoms with Gasteiger partial charge in [-0.05, 0) is 24.5 Å². The first kappa shape index (κ1) is 15.7. The van der Waals surface area contributed by atoms with Crippen LogP contribution in [0.25, 0.3) is 0 Å². The van der Waals surface area contributed by atoms with Gasteiger partial charge in [0.2, 0.25) is 11.9 Å². The van der Waals surface area contributed by atoms with Gasteiger partial charge in [0.15, 0.2) is 0 Å². The fraction of sp³-hybridized carbons (Fsp3) is 0.333. The average molecular weight is 301 g/mol. The van der Waals surface area contributed by atoms with Crippen molar-refractivity contribution in [3.63, 3.8) is 0 Å². The number of benzene rings is 1. The van der Waals surface area contributed by atoms with E-state index in [1.54, 1.807) is 12.1 Å². The zero-order valence-corrected chi connectivity index (χ0v) is 12.8. The number of carbonyl (C=O) groups is 2. The van der Waals surface area contributed by atoms with E-state index in [0.717, 1.165) is 5.56 Å². The topological polar surface area (TPSA) is 99.8 Å². The number of nitrogens with one attached hydrogen (secondary N) is 3. The number of anilines is 1. The van der Waals surface area contributed by atoms with E-state index in [-0.39, 0.29) is 23.7 Å². The van der Waals surface area contributed by atoms with Crippen molar-refractivity contribution >= 4 is 17.8 Å². The van der Waals surface area contributed by atoms with Crippen LogP contribution in [0.4, 0.5) is 5.95 Å². The number of hydrogen-bond donors (Lipinski definition) is 3. The highest BCUT2D eigenvalue weighted by Gasteiger charge is 2.25. The van der Waals surface area contributed by atoms with Gasteiger partial charge in [0.05, 0.1) is 0 Å². The van der Waals surface area contributed by atoms with E-state index < -0.39 is 6.04 Å². The van der Waals surface area contributed by atoms with Gasteiger partial charge in [-0.1, -0.05) is 32.0 Å². The largest absolute Gasteiger partial charge is 0.340 e. The Balaban J connectivity index is 2.10. The summed E-state index contributed by atoms with van der Waals surface area (Å²) in [6.45, 7) is 5.58. The van der Waals surface area contributed by atoms with E-state index in [4.69, 9.17) is 0 Å². The van der Waals surface area contributed by atoms with Crippen LogP contribution in [0.5, 0.6) is 0 Å². The highest BCUT2D eigenvalue weighted by Crippen LogP contribution is 2.10. The van der Waals surface area contributed by atoms with Crippen molar-refractivity contribution in [2.45, 2.75) is 26.8 Å². The molecular weight excluding hydrogens is 282 g/mol. The third-order valence-corrected chi connectivity index (χ3v) is 3.28. The maximum Gasteiger partial charge on any atom is 0.252 e. The SMILES string of the molecule is Cc1ccccc1C(=O)N[C@@H](C(=O)Nc1ncn[nH]1)C(C)C. The molecule has 116 valence electrons. The number of amides is 2. The molecule has 1 heterocycles. The lowest BCUT2D eigenvalue weighted by Gasteiger charge is -2.21. The van der Waals surface area contributed by atoms with E-state index >= 15 is 0 Å². The van der Waals surface area contributed by atoms with Gasteiger partial charge in [-0.25, -0.2) is 5.10 Å². The number of nitrogens with zero attached hydrogens (tertiary/aromatic N) is 2. The van der Waals surface area contributed by atoms with E-state index in [0.29, 0.717) is 5.56 Å². The van der Waals surface area contributed by atoms with E-state index in [2.05, 4.69) is 25.8 Å². The Kier molecular flexibility index (Phi) is 4.88. The number of aromatic nitrogens is 3. The highest BCUT2D eigenvalue weighted by atomic mass is 16.2. The molecule has 22 heavy (non-hydrogen) atoms. The molecule has 7 nitrogen and oxygen atoms in total. The Morgan fingerprint density at radius 3 is 2.55 bits per heavy atom. The van der Waals surface area contributed by atoms with E-state index in [1.165, 1.54) is 6.33 Å². The van der Waals surface area contributed by atoms with Crippen molar-refractivity contribution in [3.8, 4) is 0 Å².